The Morgan fingerprint density at radius 1 is 1.38 bits per heavy atom. The highest BCUT2D eigenvalue weighted by molar-refractivity contribution is 7.86. The first-order chi connectivity index (χ1) is 10.1. The van der Waals surface area contributed by atoms with Crippen LogP contribution in [0.15, 0.2) is 18.5 Å². The molecule has 0 bridgehead atoms. The topological polar surface area (TPSA) is 122 Å². The van der Waals surface area contributed by atoms with Gasteiger partial charge in [-0.1, -0.05) is 0 Å². The number of hydrogen-bond acceptors (Lipinski definition) is 5. The summed E-state index contributed by atoms with van der Waals surface area (Å²) in [6.45, 7) is 0.403. The van der Waals surface area contributed by atoms with E-state index in [1.165, 1.54) is 4.31 Å². The molecule has 0 aliphatic carbocycles. The van der Waals surface area contributed by atoms with Gasteiger partial charge in [0.15, 0.2) is 17.1 Å². The standard InChI is InChI=1S/C11H13N7O2S/c12-21(19,20)17-5-1-2-8(17)11-16-15-9-6-14-10-7(18(9)11)3-4-13-10/h3-4,6,8,13H,1-2,5H2,(H2,12,19,20). The molecule has 0 radical (unpaired) electrons. The zero-order valence-electron chi connectivity index (χ0n) is 11.0. The Kier molecular flexibility index (Phi) is 2.55. The first-order valence-electron chi connectivity index (χ1n) is 6.52. The molecule has 21 heavy (non-hydrogen) atoms. The van der Waals surface area contributed by atoms with Gasteiger partial charge in [-0.3, -0.25) is 4.40 Å². The summed E-state index contributed by atoms with van der Waals surface area (Å²) in [7, 11) is -3.76. The van der Waals surface area contributed by atoms with E-state index in [0.29, 0.717) is 30.1 Å². The second-order valence-corrected chi connectivity index (χ2v) is 6.53. The van der Waals surface area contributed by atoms with Crippen LogP contribution >= 0.6 is 0 Å². The molecule has 0 aromatic carbocycles. The molecule has 0 spiro atoms. The third-order valence-electron chi connectivity index (χ3n) is 3.80. The van der Waals surface area contributed by atoms with Crippen molar-refractivity contribution in [2.24, 2.45) is 5.14 Å². The molecule has 3 aromatic heterocycles. The first-order valence-corrected chi connectivity index (χ1v) is 8.03. The maximum atomic E-state index is 11.7. The van der Waals surface area contributed by atoms with Crippen molar-refractivity contribution >= 4 is 27.0 Å². The second kappa shape index (κ2) is 4.23. The summed E-state index contributed by atoms with van der Waals surface area (Å²) in [5.74, 6) is 0.573. The van der Waals surface area contributed by atoms with Crippen LogP contribution in [0.1, 0.15) is 24.7 Å². The van der Waals surface area contributed by atoms with Crippen molar-refractivity contribution in [2.75, 3.05) is 6.54 Å². The van der Waals surface area contributed by atoms with Crippen molar-refractivity contribution < 1.29 is 8.42 Å². The molecule has 1 saturated heterocycles. The van der Waals surface area contributed by atoms with Gasteiger partial charge in [0, 0.05) is 12.7 Å². The van der Waals surface area contributed by atoms with Gasteiger partial charge in [-0.25, -0.2) is 10.1 Å². The van der Waals surface area contributed by atoms with E-state index in [0.717, 1.165) is 11.9 Å². The van der Waals surface area contributed by atoms with Crippen LogP contribution in [0.25, 0.3) is 16.8 Å². The smallest absolute Gasteiger partial charge is 0.277 e. The summed E-state index contributed by atoms with van der Waals surface area (Å²) in [5.41, 5.74) is 2.09. The molecule has 10 heteroatoms. The van der Waals surface area contributed by atoms with Crippen LogP contribution in [0, 0.1) is 0 Å². The van der Waals surface area contributed by atoms with Crippen LogP contribution in [-0.2, 0) is 10.2 Å². The van der Waals surface area contributed by atoms with E-state index in [9.17, 15) is 8.42 Å². The predicted octanol–water partition coefficient (Wildman–Crippen LogP) is -0.0540. The number of fused-ring (bicyclic) bond motifs is 3. The number of hydrogen-bond donors (Lipinski definition) is 2. The molecule has 1 unspecified atom stereocenters. The van der Waals surface area contributed by atoms with Gasteiger partial charge in [0.25, 0.3) is 10.2 Å². The lowest BCUT2D eigenvalue weighted by molar-refractivity contribution is 0.383. The molecule has 0 saturated carbocycles. The highest BCUT2D eigenvalue weighted by atomic mass is 32.2. The third-order valence-corrected chi connectivity index (χ3v) is 4.89. The van der Waals surface area contributed by atoms with Gasteiger partial charge < -0.3 is 4.98 Å². The summed E-state index contributed by atoms with van der Waals surface area (Å²) in [6, 6.07) is 1.47. The minimum Gasteiger partial charge on any atom is -0.345 e. The van der Waals surface area contributed by atoms with Crippen LogP contribution in [0.3, 0.4) is 0 Å². The Morgan fingerprint density at radius 3 is 3.05 bits per heavy atom. The van der Waals surface area contributed by atoms with E-state index >= 15 is 0 Å². The monoisotopic (exact) mass is 307 g/mol. The quantitative estimate of drug-likeness (QED) is 0.687. The van der Waals surface area contributed by atoms with Gasteiger partial charge in [-0.15, -0.1) is 10.2 Å². The summed E-state index contributed by atoms with van der Waals surface area (Å²) in [4.78, 5) is 7.26. The Bertz CT molecular complexity index is 929. The maximum absolute atomic E-state index is 11.7. The Labute approximate surface area is 120 Å². The Balaban J connectivity index is 1.96. The van der Waals surface area contributed by atoms with Gasteiger partial charge >= 0.3 is 0 Å². The largest absolute Gasteiger partial charge is 0.345 e. The molecule has 9 nitrogen and oxygen atoms in total. The molecule has 1 atom stereocenters. The molecule has 1 fully saturated rings. The number of aromatic nitrogens is 5. The third kappa shape index (κ3) is 1.83. The number of H-pyrrole nitrogens is 1. The molecule has 4 heterocycles. The maximum Gasteiger partial charge on any atom is 0.277 e. The fraction of sp³-hybridized carbons (Fsp3) is 0.364. The van der Waals surface area contributed by atoms with E-state index in [2.05, 4.69) is 20.2 Å². The summed E-state index contributed by atoms with van der Waals surface area (Å²) in [5, 5.41) is 13.5. The minimum absolute atomic E-state index is 0.393. The van der Waals surface area contributed by atoms with Crippen molar-refractivity contribution in [3.05, 3.63) is 24.3 Å². The molecule has 3 N–H and O–H groups in total. The zero-order valence-corrected chi connectivity index (χ0v) is 11.8. The van der Waals surface area contributed by atoms with Gasteiger partial charge in [0.05, 0.1) is 17.8 Å². The van der Waals surface area contributed by atoms with Crippen molar-refractivity contribution in [1.82, 2.24) is 28.9 Å². The van der Waals surface area contributed by atoms with E-state index in [1.54, 1.807) is 12.4 Å². The zero-order chi connectivity index (χ0) is 14.6. The number of nitrogens with two attached hydrogens (primary N) is 1. The molecular weight excluding hydrogens is 294 g/mol. The number of nitrogens with one attached hydrogen (secondary N) is 1. The van der Waals surface area contributed by atoms with E-state index in [4.69, 9.17) is 5.14 Å². The number of rotatable bonds is 2. The van der Waals surface area contributed by atoms with Crippen LogP contribution in [0.5, 0.6) is 0 Å². The van der Waals surface area contributed by atoms with Gasteiger partial charge in [0.2, 0.25) is 0 Å². The van der Waals surface area contributed by atoms with Crippen LogP contribution in [-0.4, -0.2) is 43.8 Å². The van der Waals surface area contributed by atoms with Crippen LogP contribution in [0.4, 0.5) is 0 Å². The van der Waals surface area contributed by atoms with Crippen LogP contribution in [0.2, 0.25) is 0 Å². The predicted molar refractivity (Wildman–Crippen MR) is 74.4 cm³/mol. The first kappa shape index (κ1) is 12.7. The lowest BCUT2D eigenvalue weighted by Crippen LogP contribution is -2.36. The average molecular weight is 307 g/mol. The lowest BCUT2D eigenvalue weighted by atomic mass is 10.2. The molecule has 4 rings (SSSR count). The van der Waals surface area contributed by atoms with Gasteiger partial charge in [0.1, 0.15) is 0 Å². The lowest BCUT2D eigenvalue weighted by Gasteiger charge is -2.20. The van der Waals surface area contributed by atoms with Crippen LogP contribution < -0.4 is 5.14 Å². The van der Waals surface area contributed by atoms with Gasteiger partial charge in [-0.05, 0) is 18.9 Å². The molecule has 110 valence electrons. The van der Waals surface area contributed by atoms with E-state index in [-0.39, 0.29) is 0 Å². The average Bonchev–Trinajstić information content (AvgIpc) is 3.15. The SMILES string of the molecule is NS(=O)(=O)N1CCCC1c1nnc2cnc3[nH]ccc3n12. The molecular formula is C11H13N7O2S. The summed E-state index contributed by atoms with van der Waals surface area (Å²) in [6.07, 6.45) is 4.79. The Hall–Kier alpha value is -2.04. The van der Waals surface area contributed by atoms with Crippen molar-refractivity contribution in [1.29, 1.82) is 0 Å². The summed E-state index contributed by atoms with van der Waals surface area (Å²) < 4.78 is 26.5. The molecule has 0 amide bonds. The van der Waals surface area contributed by atoms with E-state index < -0.39 is 16.3 Å². The number of aromatic amines is 1. The minimum atomic E-state index is -3.76. The highest BCUT2D eigenvalue weighted by Crippen LogP contribution is 2.33. The fourth-order valence-electron chi connectivity index (χ4n) is 2.92. The fourth-order valence-corrected chi connectivity index (χ4v) is 3.85. The Morgan fingerprint density at radius 2 is 2.24 bits per heavy atom. The van der Waals surface area contributed by atoms with Crippen molar-refractivity contribution in [3.63, 3.8) is 0 Å². The van der Waals surface area contributed by atoms with E-state index in [1.807, 2.05) is 10.5 Å². The highest BCUT2D eigenvalue weighted by Gasteiger charge is 2.36. The normalized spacial score (nSPS) is 20.7. The second-order valence-electron chi connectivity index (χ2n) is 5.04. The van der Waals surface area contributed by atoms with Crippen molar-refractivity contribution in [3.8, 4) is 0 Å². The molecule has 1 aliphatic heterocycles. The van der Waals surface area contributed by atoms with Crippen molar-refractivity contribution in [2.45, 2.75) is 18.9 Å². The van der Waals surface area contributed by atoms with Gasteiger partial charge in [-0.2, -0.15) is 12.7 Å². The molecule has 1 aliphatic rings. The molecule has 3 aromatic rings. The number of nitrogens with zero attached hydrogens (tertiary/aromatic N) is 5. The summed E-state index contributed by atoms with van der Waals surface area (Å²) >= 11 is 0.